The number of likely N-dealkylation sites (tertiary alicyclic amines) is 1. The van der Waals surface area contributed by atoms with Crippen LogP contribution < -0.4 is 5.73 Å². The lowest BCUT2D eigenvalue weighted by atomic mass is 10.1. The predicted molar refractivity (Wildman–Crippen MR) is 79.9 cm³/mol. The van der Waals surface area contributed by atoms with Crippen LogP contribution in [-0.2, 0) is 6.54 Å². The quantitative estimate of drug-likeness (QED) is 0.817. The van der Waals surface area contributed by atoms with Gasteiger partial charge in [-0.15, -0.1) is 0 Å². The van der Waals surface area contributed by atoms with E-state index in [-0.39, 0.29) is 12.6 Å². The van der Waals surface area contributed by atoms with Crippen LogP contribution in [0.15, 0.2) is 18.3 Å². The fraction of sp³-hybridized carbons (Fsp3) is 0.571. The molecule has 104 valence electrons. The summed E-state index contributed by atoms with van der Waals surface area (Å²) in [4.78, 5) is 6.93. The molecule has 0 radical (unpaired) electrons. The summed E-state index contributed by atoms with van der Waals surface area (Å²) in [5.74, 6) is 0. The molecule has 2 heterocycles. The Bertz CT molecular complexity index is 438. The maximum absolute atomic E-state index is 9.54. The third-order valence-corrected chi connectivity index (χ3v) is 3.90. The number of hydrogen-bond donors (Lipinski definition) is 2. The molecule has 0 bridgehead atoms. The Balaban J connectivity index is 2.16. The van der Waals surface area contributed by atoms with Gasteiger partial charge in [0.25, 0.3) is 0 Å². The molecular formula is C14H21N3OS. The molecule has 1 aromatic heterocycles. The monoisotopic (exact) mass is 279 g/mol. The van der Waals surface area contributed by atoms with Gasteiger partial charge >= 0.3 is 0 Å². The Morgan fingerprint density at radius 3 is 3.05 bits per heavy atom. The van der Waals surface area contributed by atoms with E-state index in [1.165, 1.54) is 19.3 Å². The first-order chi connectivity index (χ1) is 9.22. The molecule has 0 aliphatic carbocycles. The largest absolute Gasteiger partial charge is 0.395 e. The zero-order valence-electron chi connectivity index (χ0n) is 11.1. The van der Waals surface area contributed by atoms with Gasteiger partial charge in [0.15, 0.2) is 0 Å². The van der Waals surface area contributed by atoms with Gasteiger partial charge in [0.2, 0.25) is 0 Å². The molecule has 1 fully saturated rings. The summed E-state index contributed by atoms with van der Waals surface area (Å²) >= 11 is 5.05. The Kier molecular flexibility index (Phi) is 5.24. The van der Waals surface area contributed by atoms with Crippen molar-refractivity contribution >= 4 is 17.2 Å². The summed E-state index contributed by atoms with van der Waals surface area (Å²) in [6.07, 6.45) is 6.38. The summed E-state index contributed by atoms with van der Waals surface area (Å²) in [6.45, 7) is 1.98. The average molecular weight is 279 g/mol. The van der Waals surface area contributed by atoms with Crippen molar-refractivity contribution in [1.82, 2.24) is 9.88 Å². The lowest BCUT2D eigenvalue weighted by Gasteiger charge is -2.28. The number of rotatable bonds is 4. The third-order valence-electron chi connectivity index (χ3n) is 3.71. The molecule has 0 aromatic carbocycles. The van der Waals surface area contributed by atoms with Gasteiger partial charge in [-0.05, 0) is 31.0 Å². The first-order valence-corrected chi connectivity index (χ1v) is 7.22. The van der Waals surface area contributed by atoms with E-state index in [2.05, 4.69) is 9.88 Å². The number of aromatic nitrogens is 1. The van der Waals surface area contributed by atoms with Gasteiger partial charge in [0.05, 0.1) is 6.61 Å². The minimum Gasteiger partial charge on any atom is -0.395 e. The van der Waals surface area contributed by atoms with Crippen LogP contribution in [0.4, 0.5) is 0 Å². The highest BCUT2D eigenvalue weighted by molar-refractivity contribution is 7.80. The Hall–Kier alpha value is -1.04. The lowest BCUT2D eigenvalue weighted by Crippen LogP contribution is -2.37. The molecule has 3 N–H and O–H groups in total. The van der Waals surface area contributed by atoms with E-state index in [0.29, 0.717) is 10.7 Å². The SMILES string of the molecule is NC(=S)c1ncccc1CN1CCCCCC1CO. The Morgan fingerprint density at radius 1 is 1.47 bits per heavy atom. The molecular weight excluding hydrogens is 258 g/mol. The maximum atomic E-state index is 9.54. The minimum absolute atomic E-state index is 0.211. The molecule has 1 saturated heterocycles. The summed E-state index contributed by atoms with van der Waals surface area (Å²) in [6, 6.07) is 4.16. The van der Waals surface area contributed by atoms with Crippen LogP contribution in [0.3, 0.4) is 0 Å². The van der Waals surface area contributed by atoms with Crippen molar-refractivity contribution < 1.29 is 5.11 Å². The first kappa shape index (κ1) is 14.4. The molecule has 1 aliphatic rings. The molecule has 0 amide bonds. The van der Waals surface area contributed by atoms with Crippen molar-refractivity contribution in [2.75, 3.05) is 13.2 Å². The molecule has 1 atom stereocenters. The van der Waals surface area contributed by atoms with E-state index < -0.39 is 0 Å². The smallest absolute Gasteiger partial charge is 0.123 e. The standard InChI is InChI=1S/C14H21N3OS/c15-14(19)13-11(5-4-7-16-13)9-17-8-3-1-2-6-12(17)10-18/h4-5,7,12,18H,1-3,6,8-10H2,(H2,15,19). The highest BCUT2D eigenvalue weighted by atomic mass is 32.1. The third kappa shape index (κ3) is 3.72. The van der Waals surface area contributed by atoms with E-state index in [9.17, 15) is 5.11 Å². The van der Waals surface area contributed by atoms with Crippen molar-refractivity contribution in [2.45, 2.75) is 38.3 Å². The van der Waals surface area contributed by atoms with Crippen molar-refractivity contribution in [1.29, 1.82) is 0 Å². The second-order valence-corrected chi connectivity index (χ2v) is 5.47. The molecule has 4 nitrogen and oxygen atoms in total. The van der Waals surface area contributed by atoms with Crippen LogP contribution in [-0.4, -0.2) is 39.2 Å². The van der Waals surface area contributed by atoms with Crippen LogP contribution >= 0.6 is 12.2 Å². The van der Waals surface area contributed by atoms with Crippen molar-refractivity contribution in [3.05, 3.63) is 29.6 Å². The highest BCUT2D eigenvalue weighted by Gasteiger charge is 2.21. The fourth-order valence-electron chi connectivity index (χ4n) is 2.66. The molecule has 2 rings (SSSR count). The van der Waals surface area contributed by atoms with Crippen molar-refractivity contribution in [2.24, 2.45) is 5.73 Å². The van der Waals surface area contributed by atoms with E-state index in [0.717, 1.165) is 25.1 Å². The van der Waals surface area contributed by atoms with Gasteiger partial charge in [0, 0.05) is 18.8 Å². The van der Waals surface area contributed by atoms with E-state index >= 15 is 0 Å². The van der Waals surface area contributed by atoms with Gasteiger partial charge in [-0.1, -0.05) is 31.1 Å². The number of hydrogen-bond acceptors (Lipinski definition) is 4. The first-order valence-electron chi connectivity index (χ1n) is 6.81. The van der Waals surface area contributed by atoms with Crippen LogP contribution in [0.1, 0.15) is 36.9 Å². The number of nitrogens with zero attached hydrogens (tertiary/aromatic N) is 2. The number of aliphatic hydroxyl groups excluding tert-OH is 1. The normalized spacial score (nSPS) is 21.0. The van der Waals surface area contributed by atoms with Crippen molar-refractivity contribution in [3.63, 3.8) is 0 Å². The van der Waals surface area contributed by atoms with Crippen molar-refractivity contribution in [3.8, 4) is 0 Å². The van der Waals surface area contributed by atoms with Crippen LogP contribution in [0, 0.1) is 0 Å². The number of pyridine rings is 1. The molecule has 5 heteroatoms. The molecule has 0 saturated carbocycles. The minimum atomic E-state index is 0.211. The predicted octanol–water partition coefficient (Wildman–Crippen LogP) is 1.45. The van der Waals surface area contributed by atoms with E-state index in [4.69, 9.17) is 18.0 Å². The zero-order chi connectivity index (χ0) is 13.7. The molecule has 1 aromatic rings. The van der Waals surface area contributed by atoms with Gasteiger partial charge in [-0.25, -0.2) is 0 Å². The highest BCUT2D eigenvalue weighted by Crippen LogP contribution is 2.20. The number of thiocarbonyl (C=S) groups is 1. The second kappa shape index (κ2) is 6.93. The van der Waals surface area contributed by atoms with Crippen LogP contribution in [0.25, 0.3) is 0 Å². The fourth-order valence-corrected chi connectivity index (χ4v) is 2.84. The molecule has 1 unspecified atom stereocenters. The number of nitrogens with two attached hydrogens (primary N) is 1. The average Bonchev–Trinajstić information content (AvgIpc) is 2.64. The summed E-state index contributed by atoms with van der Waals surface area (Å²) in [7, 11) is 0. The zero-order valence-corrected chi connectivity index (χ0v) is 11.9. The molecule has 1 aliphatic heterocycles. The Labute approximate surface area is 119 Å². The van der Waals surface area contributed by atoms with Gasteiger partial charge < -0.3 is 10.8 Å². The maximum Gasteiger partial charge on any atom is 0.123 e. The van der Waals surface area contributed by atoms with Gasteiger partial charge in [-0.2, -0.15) is 0 Å². The van der Waals surface area contributed by atoms with Crippen LogP contribution in [0.2, 0.25) is 0 Å². The van der Waals surface area contributed by atoms with Gasteiger partial charge in [-0.3, -0.25) is 9.88 Å². The Morgan fingerprint density at radius 2 is 2.32 bits per heavy atom. The second-order valence-electron chi connectivity index (χ2n) is 5.03. The van der Waals surface area contributed by atoms with E-state index in [1.807, 2.05) is 12.1 Å². The van der Waals surface area contributed by atoms with E-state index in [1.54, 1.807) is 6.20 Å². The number of aliphatic hydroxyl groups is 1. The summed E-state index contributed by atoms with van der Waals surface area (Å²) in [5, 5.41) is 9.54. The lowest BCUT2D eigenvalue weighted by molar-refractivity contribution is 0.118. The summed E-state index contributed by atoms with van der Waals surface area (Å²) < 4.78 is 0. The molecule has 0 spiro atoms. The summed E-state index contributed by atoms with van der Waals surface area (Å²) in [5.41, 5.74) is 7.48. The van der Waals surface area contributed by atoms with Gasteiger partial charge in [0.1, 0.15) is 10.7 Å². The molecule has 19 heavy (non-hydrogen) atoms. The topological polar surface area (TPSA) is 62.4 Å². The van der Waals surface area contributed by atoms with Crippen LogP contribution in [0.5, 0.6) is 0 Å².